The Kier molecular flexibility index (Phi) is 8.15. The Morgan fingerprint density at radius 3 is 2.03 bits per heavy atom. The van der Waals surface area contributed by atoms with Crippen molar-refractivity contribution in [3.05, 3.63) is 95.6 Å². The predicted molar refractivity (Wildman–Crippen MR) is 130 cm³/mol. The second kappa shape index (κ2) is 11.5. The highest BCUT2D eigenvalue weighted by molar-refractivity contribution is 6.00. The van der Waals surface area contributed by atoms with Gasteiger partial charge in [0.25, 0.3) is 0 Å². The number of carbonyl (C=O) groups excluding carboxylic acids is 1. The monoisotopic (exact) mass is 478 g/mol. The molecule has 0 unspecified atom stereocenters. The van der Waals surface area contributed by atoms with Crippen LogP contribution in [0.15, 0.2) is 78.9 Å². The van der Waals surface area contributed by atoms with E-state index in [0.717, 1.165) is 22.6 Å². The highest BCUT2D eigenvalue weighted by Crippen LogP contribution is 2.32. The van der Waals surface area contributed by atoms with Crippen molar-refractivity contribution in [1.82, 2.24) is 0 Å². The summed E-state index contributed by atoms with van der Waals surface area (Å²) in [6, 6.07) is 23.8. The molecule has 1 heterocycles. The zero-order valence-electron chi connectivity index (χ0n) is 19.9. The Morgan fingerprint density at radius 2 is 1.46 bits per heavy atom. The number of ether oxygens (including phenoxy) is 5. The molecule has 1 aliphatic rings. The van der Waals surface area contributed by atoms with Gasteiger partial charge in [-0.2, -0.15) is 0 Å². The van der Waals surface area contributed by atoms with Crippen molar-refractivity contribution in [1.29, 1.82) is 0 Å². The summed E-state index contributed by atoms with van der Waals surface area (Å²) < 4.78 is 28.2. The van der Waals surface area contributed by atoms with E-state index in [1.807, 2.05) is 54.6 Å². The molecule has 0 radical (unpaired) electrons. The van der Waals surface area contributed by atoms with E-state index in [4.69, 9.17) is 23.7 Å². The summed E-state index contributed by atoms with van der Waals surface area (Å²) in [4.78, 5) is 13.2. The number of methoxy groups -OCH3 is 2. The van der Waals surface area contributed by atoms with Crippen molar-refractivity contribution < 1.29 is 33.6 Å². The Labute approximate surface area is 205 Å². The second-order valence-electron chi connectivity index (χ2n) is 8.49. The number of carbonyl (C=O) groups is 1. The highest BCUT2D eigenvalue weighted by atomic mass is 16.6. The first-order chi connectivity index (χ1) is 17.0. The van der Waals surface area contributed by atoms with E-state index in [0.29, 0.717) is 5.56 Å². The Bertz CT molecular complexity index is 1080. The molecular weight excluding hydrogens is 448 g/mol. The molecule has 35 heavy (non-hydrogen) atoms. The molecule has 3 aromatic carbocycles. The summed E-state index contributed by atoms with van der Waals surface area (Å²) >= 11 is 0. The van der Waals surface area contributed by atoms with Crippen LogP contribution in [-0.2, 0) is 27.4 Å². The molecule has 0 aromatic heterocycles. The van der Waals surface area contributed by atoms with Crippen LogP contribution < -0.4 is 9.47 Å². The molecular formula is C28H30O7. The summed E-state index contributed by atoms with van der Waals surface area (Å²) in [6.45, 7) is 0.350. The molecule has 184 valence electrons. The van der Waals surface area contributed by atoms with Crippen LogP contribution in [0.3, 0.4) is 0 Å². The molecule has 1 N–H and O–H groups in total. The standard InChI is InChI=1S/C28H30O7/c1-31-23-12-8-20(9-13-23)16-33-18-28(30)19-35-26(25(29)22-6-4-3-5-7-22)27(28)34-17-21-10-14-24(32-2)15-11-21/h3-15,26-27,30H,16-19H2,1-2H3/t26-,27+,28+/m0/s1. The molecule has 0 bridgehead atoms. The van der Waals surface area contributed by atoms with Gasteiger partial charge in [0, 0.05) is 5.56 Å². The fourth-order valence-electron chi connectivity index (χ4n) is 4.01. The van der Waals surface area contributed by atoms with Gasteiger partial charge in [0.15, 0.2) is 5.78 Å². The van der Waals surface area contributed by atoms with Crippen LogP contribution in [0.4, 0.5) is 0 Å². The van der Waals surface area contributed by atoms with Crippen LogP contribution >= 0.6 is 0 Å². The van der Waals surface area contributed by atoms with Gasteiger partial charge in [-0.05, 0) is 35.4 Å². The number of ketones is 1. The van der Waals surface area contributed by atoms with Gasteiger partial charge in [-0.15, -0.1) is 0 Å². The van der Waals surface area contributed by atoms with Crippen LogP contribution in [0, 0.1) is 0 Å². The lowest BCUT2D eigenvalue weighted by Gasteiger charge is -2.30. The van der Waals surface area contributed by atoms with Crippen molar-refractivity contribution in [2.45, 2.75) is 31.0 Å². The zero-order valence-corrected chi connectivity index (χ0v) is 19.9. The molecule has 3 aromatic rings. The average Bonchev–Trinajstić information content (AvgIpc) is 3.24. The van der Waals surface area contributed by atoms with Crippen molar-refractivity contribution in [2.24, 2.45) is 0 Å². The quantitative estimate of drug-likeness (QED) is 0.420. The van der Waals surface area contributed by atoms with E-state index in [1.165, 1.54) is 0 Å². The molecule has 4 rings (SSSR count). The van der Waals surface area contributed by atoms with Crippen LogP contribution in [0.1, 0.15) is 21.5 Å². The minimum absolute atomic E-state index is 0.0507. The molecule has 0 aliphatic carbocycles. The summed E-state index contributed by atoms with van der Waals surface area (Å²) in [5.74, 6) is 1.25. The van der Waals surface area contributed by atoms with Gasteiger partial charge in [-0.1, -0.05) is 54.6 Å². The number of Topliss-reactive ketones (excluding diaryl/α,β-unsaturated/α-hetero) is 1. The van der Waals surface area contributed by atoms with E-state index in [9.17, 15) is 9.90 Å². The second-order valence-corrected chi connectivity index (χ2v) is 8.49. The SMILES string of the molecule is COc1ccc(COC[C@@]2(O)CO[C@@H](C(=O)c3ccccc3)[C@H]2OCc2ccc(OC)cc2)cc1. The van der Waals surface area contributed by atoms with Crippen molar-refractivity contribution >= 4 is 5.78 Å². The lowest BCUT2D eigenvalue weighted by molar-refractivity contribution is -0.129. The first-order valence-corrected chi connectivity index (χ1v) is 11.4. The van der Waals surface area contributed by atoms with Crippen molar-refractivity contribution in [3.8, 4) is 11.5 Å². The number of rotatable bonds is 11. The molecule has 7 nitrogen and oxygen atoms in total. The summed E-state index contributed by atoms with van der Waals surface area (Å²) in [7, 11) is 3.22. The van der Waals surface area contributed by atoms with Crippen LogP contribution in [0.25, 0.3) is 0 Å². The van der Waals surface area contributed by atoms with E-state index in [1.54, 1.807) is 38.5 Å². The summed E-state index contributed by atoms with van der Waals surface area (Å²) in [5.41, 5.74) is 0.818. The Morgan fingerprint density at radius 1 is 0.886 bits per heavy atom. The number of aliphatic hydroxyl groups is 1. The van der Waals surface area contributed by atoms with Gasteiger partial charge >= 0.3 is 0 Å². The molecule has 0 spiro atoms. The molecule has 0 amide bonds. The fourth-order valence-corrected chi connectivity index (χ4v) is 4.01. The van der Waals surface area contributed by atoms with Crippen molar-refractivity contribution in [2.75, 3.05) is 27.4 Å². The number of benzene rings is 3. The largest absolute Gasteiger partial charge is 0.497 e. The normalized spacial score (nSPS) is 21.6. The Balaban J connectivity index is 1.47. The minimum atomic E-state index is -1.49. The maximum absolute atomic E-state index is 13.2. The first-order valence-electron chi connectivity index (χ1n) is 11.4. The van der Waals surface area contributed by atoms with Gasteiger partial charge in [0.1, 0.15) is 29.3 Å². The van der Waals surface area contributed by atoms with Gasteiger partial charge < -0.3 is 28.8 Å². The fraction of sp³-hybridized carbons (Fsp3) is 0.321. The first kappa shape index (κ1) is 24.9. The van der Waals surface area contributed by atoms with Gasteiger partial charge in [0.05, 0.1) is 40.6 Å². The molecule has 0 saturated carbocycles. The molecule has 7 heteroatoms. The van der Waals surface area contributed by atoms with E-state index < -0.39 is 17.8 Å². The number of hydrogen-bond acceptors (Lipinski definition) is 7. The van der Waals surface area contributed by atoms with Crippen LogP contribution in [-0.4, -0.2) is 56.1 Å². The van der Waals surface area contributed by atoms with E-state index >= 15 is 0 Å². The smallest absolute Gasteiger partial charge is 0.194 e. The van der Waals surface area contributed by atoms with Gasteiger partial charge in [0.2, 0.25) is 0 Å². The topological polar surface area (TPSA) is 83.5 Å². The zero-order chi connectivity index (χ0) is 24.7. The maximum Gasteiger partial charge on any atom is 0.194 e. The third-order valence-electron chi connectivity index (χ3n) is 6.00. The minimum Gasteiger partial charge on any atom is -0.497 e. The molecule has 3 atom stereocenters. The lowest BCUT2D eigenvalue weighted by Crippen LogP contribution is -2.50. The third kappa shape index (κ3) is 6.07. The predicted octanol–water partition coefficient (Wildman–Crippen LogP) is 3.82. The van der Waals surface area contributed by atoms with Gasteiger partial charge in [-0.25, -0.2) is 0 Å². The van der Waals surface area contributed by atoms with E-state index in [2.05, 4.69) is 0 Å². The molecule has 1 saturated heterocycles. The highest BCUT2D eigenvalue weighted by Gasteiger charge is 2.52. The molecule has 1 aliphatic heterocycles. The van der Waals surface area contributed by atoms with Crippen LogP contribution in [0.2, 0.25) is 0 Å². The Hall–Kier alpha value is -3.23. The van der Waals surface area contributed by atoms with Crippen molar-refractivity contribution in [3.63, 3.8) is 0 Å². The summed E-state index contributed by atoms with van der Waals surface area (Å²) in [5, 5.41) is 11.5. The molecule has 1 fully saturated rings. The summed E-state index contributed by atoms with van der Waals surface area (Å²) in [6.07, 6.45) is -1.86. The van der Waals surface area contributed by atoms with Gasteiger partial charge in [-0.3, -0.25) is 4.79 Å². The maximum atomic E-state index is 13.2. The average molecular weight is 479 g/mol. The lowest BCUT2D eigenvalue weighted by atomic mass is 9.93. The number of hydrogen-bond donors (Lipinski definition) is 1. The van der Waals surface area contributed by atoms with Crippen LogP contribution in [0.5, 0.6) is 11.5 Å². The third-order valence-corrected chi connectivity index (χ3v) is 6.00. The van der Waals surface area contributed by atoms with E-state index in [-0.39, 0.29) is 32.2 Å².